The molecule has 0 aliphatic rings. The first-order valence-corrected chi connectivity index (χ1v) is 13.0. The monoisotopic (exact) mass is 517 g/mol. The van der Waals surface area contributed by atoms with E-state index in [0.717, 1.165) is 27.5 Å². The van der Waals surface area contributed by atoms with Crippen LogP contribution in [0.4, 0.5) is 5.69 Å². The van der Waals surface area contributed by atoms with Gasteiger partial charge in [0.1, 0.15) is 17.4 Å². The third-order valence-corrected chi connectivity index (χ3v) is 7.06. The van der Waals surface area contributed by atoms with Gasteiger partial charge in [-0.1, -0.05) is 26.0 Å². The molecule has 4 aromatic rings. The van der Waals surface area contributed by atoms with Crippen molar-refractivity contribution in [3.63, 3.8) is 0 Å². The Labute approximate surface area is 220 Å². The van der Waals surface area contributed by atoms with Gasteiger partial charge in [-0.25, -0.2) is 4.98 Å². The highest BCUT2D eigenvalue weighted by atomic mass is 32.1. The molecule has 3 aromatic carbocycles. The molecule has 0 saturated carbocycles. The van der Waals surface area contributed by atoms with Crippen LogP contribution in [0.3, 0.4) is 0 Å². The summed E-state index contributed by atoms with van der Waals surface area (Å²) in [6.45, 7) is 5.01. The number of thiazole rings is 1. The summed E-state index contributed by atoms with van der Waals surface area (Å²) in [4.78, 5) is 28.2. The molecular weight excluding hydrogens is 486 g/mol. The second-order valence-electron chi connectivity index (χ2n) is 8.98. The van der Waals surface area contributed by atoms with Gasteiger partial charge in [0, 0.05) is 23.4 Å². The van der Waals surface area contributed by atoms with Gasteiger partial charge in [-0.15, -0.1) is 11.3 Å². The van der Waals surface area contributed by atoms with Crippen molar-refractivity contribution in [3.8, 4) is 16.3 Å². The Morgan fingerprint density at radius 2 is 1.70 bits per heavy atom. The fourth-order valence-electron chi connectivity index (χ4n) is 3.69. The molecule has 0 fully saturated rings. The molecule has 4 rings (SSSR count). The predicted octanol–water partition coefficient (Wildman–Crippen LogP) is 5.77. The quantitative estimate of drug-likeness (QED) is 0.246. The molecular formula is C29H31N3O4S. The summed E-state index contributed by atoms with van der Waals surface area (Å²) < 4.78 is 11.9. The van der Waals surface area contributed by atoms with Crippen molar-refractivity contribution in [2.75, 3.05) is 25.6 Å². The number of amides is 1. The number of carbonyl (C=O) groups excluding carboxylic acids is 2. The first-order chi connectivity index (χ1) is 17.9. The van der Waals surface area contributed by atoms with Gasteiger partial charge in [-0.2, -0.15) is 0 Å². The van der Waals surface area contributed by atoms with Crippen LogP contribution >= 0.6 is 11.3 Å². The third-order valence-electron chi connectivity index (χ3n) is 5.97. The lowest BCUT2D eigenvalue weighted by molar-refractivity contribution is -0.140. The fourth-order valence-corrected chi connectivity index (χ4v) is 4.66. The molecule has 2 N–H and O–H groups in total. The van der Waals surface area contributed by atoms with E-state index in [9.17, 15) is 9.59 Å². The molecule has 0 unspecified atom stereocenters. The number of para-hydroxylation sites is 1. The van der Waals surface area contributed by atoms with Crippen LogP contribution in [-0.2, 0) is 9.53 Å². The maximum absolute atomic E-state index is 12.3. The van der Waals surface area contributed by atoms with Crippen LogP contribution < -0.4 is 15.4 Å². The Kier molecular flexibility index (Phi) is 8.74. The van der Waals surface area contributed by atoms with Gasteiger partial charge in [0.15, 0.2) is 0 Å². The molecule has 0 saturated heterocycles. The van der Waals surface area contributed by atoms with E-state index in [2.05, 4.69) is 35.3 Å². The molecule has 1 heterocycles. The first-order valence-electron chi connectivity index (χ1n) is 12.2. The van der Waals surface area contributed by atoms with Gasteiger partial charge in [0.2, 0.25) is 0 Å². The normalized spacial score (nSPS) is 11.8. The summed E-state index contributed by atoms with van der Waals surface area (Å²) >= 11 is 1.68. The van der Waals surface area contributed by atoms with E-state index in [4.69, 9.17) is 9.72 Å². The number of hydrogen-bond acceptors (Lipinski definition) is 7. The number of nitrogens with zero attached hydrogens (tertiary/aromatic N) is 1. The average molecular weight is 518 g/mol. The standard InChI is InChI=1S/C29H31N3O4S/c1-19(2)25(31-22-12-8-20(9-13-22)28(34)30-17-16-27(33)35-3)18-36-23-14-10-21(11-15-23)29-32-24-6-4-5-7-26(24)37-29/h4-15,19,25,31H,16-18H2,1-3H3,(H,30,34)/t25-/m1/s1. The highest BCUT2D eigenvalue weighted by Crippen LogP contribution is 2.31. The smallest absolute Gasteiger partial charge is 0.307 e. The van der Waals surface area contributed by atoms with Gasteiger partial charge in [-0.3, -0.25) is 9.59 Å². The van der Waals surface area contributed by atoms with Crippen LogP contribution in [0, 0.1) is 5.92 Å². The SMILES string of the molecule is COC(=O)CCNC(=O)c1ccc(N[C@H](COc2ccc(-c3nc4ccccc4s3)cc2)C(C)C)cc1. The van der Waals surface area contributed by atoms with Gasteiger partial charge < -0.3 is 20.1 Å². The van der Waals surface area contributed by atoms with Crippen LogP contribution in [0.25, 0.3) is 20.8 Å². The molecule has 0 bridgehead atoms. The molecule has 0 spiro atoms. The molecule has 1 atom stereocenters. The van der Waals surface area contributed by atoms with Crippen LogP contribution in [0.1, 0.15) is 30.6 Å². The molecule has 37 heavy (non-hydrogen) atoms. The lowest BCUT2D eigenvalue weighted by Crippen LogP contribution is -2.32. The zero-order chi connectivity index (χ0) is 26.2. The maximum atomic E-state index is 12.3. The number of benzene rings is 3. The Bertz CT molecular complexity index is 1300. The third kappa shape index (κ3) is 7.07. The number of ether oxygens (including phenoxy) is 2. The number of esters is 1. The summed E-state index contributed by atoms with van der Waals surface area (Å²) in [5.41, 5.74) is 3.52. The topological polar surface area (TPSA) is 89.5 Å². The predicted molar refractivity (Wildman–Crippen MR) is 148 cm³/mol. The molecule has 1 aromatic heterocycles. The van der Waals surface area contributed by atoms with Crippen molar-refractivity contribution < 1.29 is 19.1 Å². The van der Waals surface area contributed by atoms with Crippen molar-refractivity contribution in [3.05, 3.63) is 78.4 Å². The number of anilines is 1. The van der Waals surface area contributed by atoms with E-state index in [1.807, 2.05) is 54.6 Å². The molecule has 1 amide bonds. The van der Waals surface area contributed by atoms with Gasteiger partial charge in [0.25, 0.3) is 5.91 Å². The van der Waals surface area contributed by atoms with Gasteiger partial charge >= 0.3 is 5.97 Å². The minimum Gasteiger partial charge on any atom is -0.491 e. The molecule has 0 aliphatic heterocycles. The second-order valence-corrected chi connectivity index (χ2v) is 10.0. The largest absolute Gasteiger partial charge is 0.491 e. The van der Waals surface area contributed by atoms with E-state index in [1.54, 1.807) is 23.5 Å². The highest BCUT2D eigenvalue weighted by Gasteiger charge is 2.15. The van der Waals surface area contributed by atoms with Crippen LogP contribution in [0.2, 0.25) is 0 Å². The number of methoxy groups -OCH3 is 1. The number of rotatable bonds is 11. The molecule has 0 aliphatic carbocycles. The van der Waals surface area contributed by atoms with Crippen LogP contribution in [0.5, 0.6) is 5.75 Å². The minimum absolute atomic E-state index is 0.0728. The number of hydrogen-bond donors (Lipinski definition) is 2. The second kappa shape index (κ2) is 12.4. The first kappa shape index (κ1) is 26.2. The average Bonchev–Trinajstić information content (AvgIpc) is 3.35. The van der Waals surface area contributed by atoms with E-state index >= 15 is 0 Å². The van der Waals surface area contributed by atoms with E-state index < -0.39 is 0 Å². The Morgan fingerprint density at radius 3 is 2.38 bits per heavy atom. The highest BCUT2D eigenvalue weighted by molar-refractivity contribution is 7.21. The maximum Gasteiger partial charge on any atom is 0.307 e. The summed E-state index contributed by atoms with van der Waals surface area (Å²) in [5.74, 6) is 0.541. The van der Waals surface area contributed by atoms with E-state index in [0.29, 0.717) is 18.1 Å². The molecule has 0 radical (unpaired) electrons. The number of carbonyl (C=O) groups is 2. The zero-order valence-electron chi connectivity index (χ0n) is 21.2. The van der Waals surface area contributed by atoms with Gasteiger partial charge in [-0.05, 0) is 66.6 Å². The minimum atomic E-state index is -0.356. The van der Waals surface area contributed by atoms with Gasteiger partial charge in [0.05, 0.1) is 29.8 Å². The summed E-state index contributed by atoms with van der Waals surface area (Å²) in [7, 11) is 1.33. The Balaban J connectivity index is 1.31. The molecule has 192 valence electrons. The Hall–Kier alpha value is -3.91. The van der Waals surface area contributed by atoms with Crippen molar-refractivity contribution in [2.24, 2.45) is 5.92 Å². The van der Waals surface area contributed by atoms with E-state index in [-0.39, 0.29) is 30.9 Å². The number of aromatic nitrogens is 1. The number of nitrogens with one attached hydrogen (secondary N) is 2. The van der Waals surface area contributed by atoms with Crippen LogP contribution in [-0.4, -0.2) is 43.2 Å². The summed E-state index contributed by atoms with van der Waals surface area (Å²) in [5, 5.41) is 7.22. The van der Waals surface area contributed by atoms with Crippen molar-refractivity contribution in [2.45, 2.75) is 26.3 Å². The summed E-state index contributed by atoms with van der Waals surface area (Å²) in [6, 6.07) is 23.5. The molecule has 8 heteroatoms. The van der Waals surface area contributed by atoms with Crippen molar-refractivity contribution >= 4 is 39.1 Å². The zero-order valence-corrected chi connectivity index (χ0v) is 22.0. The number of fused-ring (bicyclic) bond motifs is 1. The summed E-state index contributed by atoms with van der Waals surface area (Å²) in [6.07, 6.45) is 0.142. The Morgan fingerprint density at radius 1 is 0.973 bits per heavy atom. The molecule has 7 nitrogen and oxygen atoms in total. The lowest BCUT2D eigenvalue weighted by atomic mass is 10.0. The van der Waals surface area contributed by atoms with Crippen LogP contribution in [0.15, 0.2) is 72.8 Å². The fraction of sp³-hybridized carbons (Fsp3) is 0.276. The lowest BCUT2D eigenvalue weighted by Gasteiger charge is -2.24. The van der Waals surface area contributed by atoms with Crippen molar-refractivity contribution in [1.29, 1.82) is 0 Å². The van der Waals surface area contributed by atoms with E-state index in [1.165, 1.54) is 11.8 Å². The van der Waals surface area contributed by atoms with Crippen molar-refractivity contribution in [1.82, 2.24) is 10.3 Å².